The number of nitrogens with zero attached hydrogens (tertiary/aromatic N) is 3. The standard InChI is InChI=1S/C20H24N4O/c25-20(18-8-3-6-15-5-1-2-7-17(15)18)24-13-10-16(11-14-24)22-19-9-4-12-21-23-19/h1-2,4-5,7,9,12,16,18H,3,6,8,10-11,13-14H2,(H,22,23)/t18-/m0/s1. The van der Waals surface area contributed by atoms with Crippen LogP contribution in [0.15, 0.2) is 42.6 Å². The molecular formula is C20H24N4O. The molecule has 1 N–H and O–H groups in total. The van der Waals surface area contributed by atoms with Crippen molar-refractivity contribution in [1.82, 2.24) is 15.1 Å². The van der Waals surface area contributed by atoms with Crippen LogP contribution >= 0.6 is 0 Å². The number of carbonyl (C=O) groups excluding carboxylic acids is 1. The van der Waals surface area contributed by atoms with Gasteiger partial charge in [-0.15, -0.1) is 5.10 Å². The summed E-state index contributed by atoms with van der Waals surface area (Å²) in [4.78, 5) is 15.1. The maximum Gasteiger partial charge on any atom is 0.230 e. The lowest BCUT2D eigenvalue weighted by Crippen LogP contribution is -2.44. The summed E-state index contributed by atoms with van der Waals surface area (Å²) in [6.45, 7) is 1.63. The fraction of sp³-hybridized carbons (Fsp3) is 0.450. The van der Waals surface area contributed by atoms with Crippen LogP contribution in [0.1, 0.15) is 42.7 Å². The summed E-state index contributed by atoms with van der Waals surface area (Å²) < 4.78 is 0. The minimum Gasteiger partial charge on any atom is -0.366 e. The zero-order valence-corrected chi connectivity index (χ0v) is 14.4. The number of aromatic nitrogens is 2. The van der Waals surface area contributed by atoms with Crippen LogP contribution in [0.2, 0.25) is 0 Å². The highest BCUT2D eigenvalue weighted by Crippen LogP contribution is 2.33. The zero-order valence-electron chi connectivity index (χ0n) is 14.4. The Morgan fingerprint density at radius 2 is 1.92 bits per heavy atom. The van der Waals surface area contributed by atoms with Crippen molar-refractivity contribution < 1.29 is 4.79 Å². The van der Waals surface area contributed by atoms with Gasteiger partial charge in [-0.3, -0.25) is 4.79 Å². The Balaban J connectivity index is 1.37. The molecule has 25 heavy (non-hydrogen) atoms. The van der Waals surface area contributed by atoms with Crippen molar-refractivity contribution in [2.24, 2.45) is 0 Å². The first-order chi connectivity index (χ1) is 12.3. The summed E-state index contributed by atoms with van der Waals surface area (Å²) in [6.07, 6.45) is 6.78. The van der Waals surface area contributed by atoms with Crippen molar-refractivity contribution >= 4 is 11.7 Å². The maximum atomic E-state index is 13.1. The SMILES string of the molecule is O=C([C@H]1CCCc2ccccc21)N1CCC(Nc2cccnn2)CC1. The van der Waals surface area contributed by atoms with Crippen LogP contribution < -0.4 is 5.32 Å². The fourth-order valence-electron chi connectivity index (χ4n) is 4.06. The molecule has 2 aromatic rings. The average Bonchev–Trinajstić information content (AvgIpc) is 2.68. The van der Waals surface area contributed by atoms with Gasteiger partial charge in [0.2, 0.25) is 5.91 Å². The van der Waals surface area contributed by atoms with E-state index in [1.54, 1.807) is 6.20 Å². The number of hydrogen-bond acceptors (Lipinski definition) is 4. The van der Waals surface area contributed by atoms with E-state index in [0.29, 0.717) is 11.9 Å². The molecule has 0 radical (unpaired) electrons. The van der Waals surface area contributed by atoms with Gasteiger partial charge in [-0.2, -0.15) is 5.10 Å². The third-order valence-corrected chi connectivity index (χ3v) is 5.40. The van der Waals surface area contributed by atoms with E-state index >= 15 is 0 Å². The molecule has 1 atom stereocenters. The summed E-state index contributed by atoms with van der Waals surface area (Å²) in [5.74, 6) is 1.17. The Morgan fingerprint density at radius 3 is 2.72 bits per heavy atom. The second-order valence-electron chi connectivity index (χ2n) is 7.00. The number of aryl methyl sites for hydroxylation is 1. The first kappa shape index (κ1) is 16.1. The highest BCUT2D eigenvalue weighted by Gasteiger charge is 2.31. The molecule has 1 fully saturated rings. The second-order valence-corrected chi connectivity index (χ2v) is 7.00. The summed E-state index contributed by atoms with van der Waals surface area (Å²) in [5, 5.41) is 11.4. The van der Waals surface area contributed by atoms with Crippen LogP contribution in [0.25, 0.3) is 0 Å². The van der Waals surface area contributed by atoms with Gasteiger partial charge in [0.25, 0.3) is 0 Å². The van der Waals surface area contributed by atoms with Crippen LogP contribution in [0.5, 0.6) is 0 Å². The predicted molar refractivity (Wildman–Crippen MR) is 97.4 cm³/mol. The van der Waals surface area contributed by atoms with E-state index < -0.39 is 0 Å². The second kappa shape index (κ2) is 7.21. The molecule has 1 aliphatic heterocycles. The first-order valence-corrected chi connectivity index (χ1v) is 9.22. The number of amides is 1. The van der Waals surface area contributed by atoms with Crippen LogP contribution in [0.4, 0.5) is 5.82 Å². The van der Waals surface area contributed by atoms with E-state index in [-0.39, 0.29) is 5.92 Å². The number of anilines is 1. The van der Waals surface area contributed by atoms with E-state index in [4.69, 9.17) is 0 Å². The molecule has 0 bridgehead atoms. The first-order valence-electron chi connectivity index (χ1n) is 9.22. The molecule has 1 aromatic carbocycles. The summed E-state index contributed by atoms with van der Waals surface area (Å²) >= 11 is 0. The topological polar surface area (TPSA) is 58.1 Å². The Kier molecular flexibility index (Phi) is 4.63. The summed E-state index contributed by atoms with van der Waals surface area (Å²) in [5.41, 5.74) is 2.60. The lowest BCUT2D eigenvalue weighted by molar-refractivity contribution is -0.134. The molecule has 0 spiro atoms. The number of rotatable bonds is 3. The zero-order chi connectivity index (χ0) is 17.1. The summed E-state index contributed by atoms with van der Waals surface area (Å²) in [7, 11) is 0. The molecule has 1 amide bonds. The molecular weight excluding hydrogens is 312 g/mol. The molecule has 0 unspecified atom stereocenters. The van der Waals surface area contributed by atoms with Crippen LogP contribution in [0, 0.1) is 0 Å². The lowest BCUT2D eigenvalue weighted by Gasteiger charge is -2.36. The highest BCUT2D eigenvalue weighted by molar-refractivity contribution is 5.84. The van der Waals surface area contributed by atoms with Crippen molar-refractivity contribution in [2.75, 3.05) is 18.4 Å². The van der Waals surface area contributed by atoms with E-state index in [2.05, 4.69) is 44.7 Å². The molecule has 2 aliphatic rings. The number of likely N-dealkylation sites (tertiary alicyclic amines) is 1. The van der Waals surface area contributed by atoms with Gasteiger partial charge in [-0.25, -0.2) is 0 Å². The van der Waals surface area contributed by atoms with Gasteiger partial charge < -0.3 is 10.2 Å². The van der Waals surface area contributed by atoms with Crippen molar-refractivity contribution in [3.63, 3.8) is 0 Å². The lowest BCUT2D eigenvalue weighted by atomic mass is 9.82. The van der Waals surface area contributed by atoms with Gasteiger partial charge in [-0.1, -0.05) is 24.3 Å². The Bertz CT molecular complexity index is 725. The van der Waals surface area contributed by atoms with Gasteiger partial charge in [0.05, 0.1) is 5.92 Å². The molecule has 2 heterocycles. The van der Waals surface area contributed by atoms with Crippen LogP contribution in [-0.2, 0) is 11.2 Å². The molecule has 0 saturated carbocycles. The van der Waals surface area contributed by atoms with E-state index in [0.717, 1.165) is 51.0 Å². The minimum atomic E-state index is 0.0504. The number of piperidine rings is 1. The van der Waals surface area contributed by atoms with Crippen molar-refractivity contribution in [3.8, 4) is 0 Å². The Hall–Kier alpha value is -2.43. The van der Waals surface area contributed by atoms with Crippen LogP contribution in [0.3, 0.4) is 0 Å². The van der Waals surface area contributed by atoms with Crippen LogP contribution in [-0.4, -0.2) is 40.1 Å². The van der Waals surface area contributed by atoms with Gasteiger partial charge in [-0.05, 0) is 55.4 Å². The molecule has 130 valence electrons. The van der Waals surface area contributed by atoms with Gasteiger partial charge in [0.15, 0.2) is 0 Å². The summed E-state index contributed by atoms with van der Waals surface area (Å²) in [6, 6.07) is 12.6. The molecule has 1 aromatic heterocycles. The molecule has 1 aliphatic carbocycles. The third kappa shape index (κ3) is 3.50. The third-order valence-electron chi connectivity index (χ3n) is 5.40. The van der Waals surface area contributed by atoms with Crippen molar-refractivity contribution in [1.29, 1.82) is 0 Å². The number of nitrogens with one attached hydrogen (secondary N) is 1. The van der Waals surface area contributed by atoms with Crippen molar-refractivity contribution in [2.45, 2.75) is 44.1 Å². The smallest absolute Gasteiger partial charge is 0.230 e. The highest BCUT2D eigenvalue weighted by atomic mass is 16.2. The Labute approximate surface area is 148 Å². The van der Waals surface area contributed by atoms with E-state index in [9.17, 15) is 4.79 Å². The minimum absolute atomic E-state index is 0.0504. The Morgan fingerprint density at radius 1 is 1.08 bits per heavy atom. The fourth-order valence-corrected chi connectivity index (χ4v) is 4.06. The van der Waals surface area contributed by atoms with Crippen molar-refractivity contribution in [3.05, 3.63) is 53.7 Å². The molecule has 5 heteroatoms. The monoisotopic (exact) mass is 336 g/mol. The number of carbonyl (C=O) groups is 1. The van der Waals surface area contributed by atoms with Gasteiger partial charge >= 0.3 is 0 Å². The largest absolute Gasteiger partial charge is 0.366 e. The van der Waals surface area contributed by atoms with Gasteiger partial charge in [0.1, 0.15) is 5.82 Å². The predicted octanol–water partition coefficient (Wildman–Crippen LogP) is 3.00. The number of hydrogen-bond donors (Lipinski definition) is 1. The number of benzene rings is 1. The normalized spacial score (nSPS) is 20.8. The molecule has 5 nitrogen and oxygen atoms in total. The number of fused-ring (bicyclic) bond motifs is 1. The molecule has 1 saturated heterocycles. The quantitative estimate of drug-likeness (QED) is 0.936. The van der Waals surface area contributed by atoms with Gasteiger partial charge in [0, 0.05) is 25.3 Å². The molecule has 4 rings (SSSR count). The average molecular weight is 336 g/mol. The van der Waals surface area contributed by atoms with E-state index in [1.165, 1.54) is 11.1 Å². The van der Waals surface area contributed by atoms with E-state index in [1.807, 2.05) is 12.1 Å². The maximum absolute atomic E-state index is 13.1.